The Hall–Kier alpha value is -3.15. The van der Waals surface area contributed by atoms with E-state index in [1.165, 1.54) is 5.56 Å². The fraction of sp³-hybridized carbons (Fsp3) is 0.318. The highest BCUT2D eigenvalue weighted by Crippen LogP contribution is 2.32. The van der Waals surface area contributed by atoms with Gasteiger partial charge in [-0.05, 0) is 55.7 Å². The molecule has 1 atom stereocenters. The first kappa shape index (κ1) is 18.2. The molecule has 28 heavy (non-hydrogen) atoms. The summed E-state index contributed by atoms with van der Waals surface area (Å²) in [5, 5.41) is 4.04. The van der Waals surface area contributed by atoms with Crippen LogP contribution in [0.1, 0.15) is 31.2 Å². The molecule has 1 amide bonds. The highest BCUT2D eigenvalue weighted by atomic mass is 16.5. The number of ether oxygens (including phenoxy) is 1. The molecule has 0 N–H and O–H groups in total. The Bertz CT molecular complexity index is 965. The molecule has 144 valence electrons. The van der Waals surface area contributed by atoms with Crippen LogP contribution in [0, 0.1) is 0 Å². The van der Waals surface area contributed by atoms with Crippen molar-refractivity contribution in [2.24, 2.45) is 0 Å². The van der Waals surface area contributed by atoms with E-state index < -0.39 is 0 Å². The monoisotopic (exact) mass is 377 g/mol. The zero-order valence-corrected chi connectivity index (χ0v) is 16.1. The van der Waals surface area contributed by atoms with Crippen LogP contribution < -0.4 is 9.64 Å². The van der Waals surface area contributed by atoms with Crippen LogP contribution in [0.3, 0.4) is 0 Å². The molecular formula is C22H23N3O3. The van der Waals surface area contributed by atoms with Crippen LogP contribution in [0.4, 0.5) is 5.69 Å². The first-order valence-corrected chi connectivity index (χ1v) is 9.52. The number of rotatable bonds is 6. The zero-order chi connectivity index (χ0) is 19.5. The van der Waals surface area contributed by atoms with E-state index in [1.54, 1.807) is 7.11 Å². The normalized spacial score (nSPS) is 15.5. The number of amides is 1. The second-order valence-corrected chi connectivity index (χ2v) is 7.04. The van der Waals surface area contributed by atoms with Gasteiger partial charge in [-0.1, -0.05) is 23.4 Å². The Labute approximate surface area is 164 Å². The van der Waals surface area contributed by atoms with Crippen molar-refractivity contribution in [1.82, 2.24) is 10.1 Å². The van der Waals surface area contributed by atoms with E-state index in [2.05, 4.69) is 23.1 Å². The van der Waals surface area contributed by atoms with E-state index in [4.69, 9.17) is 9.26 Å². The van der Waals surface area contributed by atoms with Gasteiger partial charge in [0.25, 0.3) is 0 Å². The molecule has 0 radical (unpaired) electrons. The van der Waals surface area contributed by atoms with Gasteiger partial charge in [-0.25, -0.2) is 0 Å². The number of anilines is 1. The average Bonchev–Trinajstić information content (AvgIpc) is 3.31. The smallest absolute Gasteiger partial charge is 0.227 e. The Morgan fingerprint density at radius 2 is 2.00 bits per heavy atom. The molecule has 0 saturated heterocycles. The molecule has 1 aliphatic heterocycles. The summed E-state index contributed by atoms with van der Waals surface area (Å²) < 4.78 is 10.5. The van der Waals surface area contributed by atoms with E-state index in [1.807, 2.05) is 47.4 Å². The average molecular weight is 377 g/mol. The molecule has 6 heteroatoms. The minimum absolute atomic E-state index is 0.146. The lowest BCUT2D eigenvalue weighted by molar-refractivity contribution is -0.119. The molecule has 0 bridgehead atoms. The lowest BCUT2D eigenvalue weighted by Gasteiger charge is -2.22. The number of nitrogens with zero attached hydrogens (tertiary/aromatic N) is 3. The summed E-state index contributed by atoms with van der Waals surface area (Å²) in [5.74, 6) is 2.02. The number of para-hydroxylation sites is 1. The first-order valence-electron chi connectivity index (χ1n) is 9.52. The number of hydrogen-bond donors (Lipinski definition) is 0. The maximum Gasteiger partial charge on any atom is 0.227 e. The van der Waals surface area contributed by atoms with Gasteiger partial charge in [0.05, 0.1) is 7.11 Å². The van der Waals surface area contributed by atoms with Gasteiger partial charge in [0.1, 0.15) is 5.75 Å². The number of carbonyl (C=O) groups is 1. The van der Waals surface area contributed by atoms with Crippen molar-refractivity contribution in [1.29, 1.82) is 0 Å². The second-order valence-electron chi connectivity index (χ2n) is 7.04. The van der Waals surface area contributed by atoms with Crippen LogP contribution >= 0.6 is 0 Å². The predicted molar refractivity (Wildman–Crippen MR) is 106 cm³/mol. The Morgan fingerprint density at radius 1 is 1.21 bits per heavy atom. The molecular weight excluding hydrogens is 354 g/mol. The molecule has 6 nitrogen and oxygen atoms in total. The highest BCUT2D eigenvalue weighted by Gasteiger charge is 2.30. The Balaban J connectivity index is 1.34. The second kappa shape index (κ2) is 7.84. The van der Waals surface area contributed by atoms with Gasteiger partial charge in [-0.15, -0.1) is 0 Å². The van der Waals surface area contributed by atoms with Crippen LogP contribution in [-0.4, -0.2) is 29.2 Å². The quantitative estimate of drug-likeness (QED) is 0.648. The standard InChI is InChI=1S/C22H23N3O3/c1-15-14-17-6-3-4-7-19(17)25(15)21(26)9-5-8-20-23-22(24-28-20)16-10-12-18(27-2)13-11-16/h3-4,6-7,10-13,15H,5,8-9,14H2,1-2H3. The van der Waals surface area contributed by atoms with E-state index >= 15 is 0 Å². The number of benzene rings is 2. The Kier molecular flexibility index (Phi) is 5.10. The summed E-state index contributed by atoms with van der Waals surface area (Å²) in [4.78, 5) is 19.1. The van der Waals surface area contributed by atoms with Gasteiger partial charge >= 0.3 is 0 Å². The summed E-state index contributed by atoms with van der Waals surface area (Å²) in [5.41, 5.74) is 3.15. The van der Waals surface area contributed by atoms with Crippen molar-refractivity contribution in [3.05, 3.63) is 60.0 Å². The number of aryl methyl sites for hydroxylation is 1. The molecule has 0 spiro atoms. The molecule has 0 aliphatic carbocycles. The van der Waals surface area contributed by atoms with Gasteiger partial charge in [-0.3, -0.25) is 4.79 Å². The van der Waals surface area contributed by atoms with Gasteiger partial charge in [-0.2, -0.15) is 4.98 Å². The lowest BCUT2D eigenvalue weighted by atomic mass is 10.1. The molecule has 1 aromatic heterocycles. The van der Waals surface area contributed by atoms with Crippen LogP contribution in [0.15, 0.2) is 53.1 Å². The first-order chi connectivity index (χ1) is 13.7. The maximum absolute atomic E-state index is 12.7. The van der Waals surface area contributed by atoms with E-state index in [-0.39, 0.29) is 11.9 Å². The highest BCUT2D eigenvalue weighted by molar-refractivity contribution is 5.96. The van der Waals surface area contributed by atoms with E-state index in [0.717, 1.165) is 23.4 Å². The molecule has 0 saturated carbocycles. The van der Waals surface area contributed by atoms with Crippen molar-refractivity contribution in [3.8, 4) is 17.1 Å². The van der Waals surface area contributed by atoms with Crippen LogP contribution in [-0.2, 0) is 17.6 Å². The third-order valence-corrected chi connectivity index (χ3v) is 5.07. The maximum atomic E-state index is 12.7. The molecule has 3 aromatic rings. The molecule has 1 unspecified atom stereocenters. The fourth-order valence-electron chi connectivity index (χ4n) is 3.67. The van der Waals surface area contributed by atoms with Gasteiger partial charge < -0.3 is 14.2 Å². The van der Waals surface area contributed by atoms with Crippen molar-refractivity contribution in [2.45, 2.75) is 38.6 Å². The minimum Gasteiger partial charge on any atom is -0.497 e. The predicted octanol–water partition coefficient (Wildman–Crippen LogP) is 4.05. The van der Waals surface area contributed by atoms with Crippen LogP contribution in [0.5, 0.6) is 5.75 Å². The lowest BCUT2D eigenvalue weighted by Crippen LogP contribution is -2.35. The van der Waals surface area contributed by atoms with Crippen LogP contribution in [0.25, 0.3) is 11.4 Å². The largest absolute Gasteiger partial charge is 0.497 e. The summed E-state index contributed by atoms with van der Waals surface area (Å²) in [7, 11) is 1.63. The molecule has 1 aliphatic rings. The summed E-state index contributed by atoms with van der Waals surface area (Å²) in [6.07, 6.45) is 2.63. The van der Waals surface area contributed by atoms with E-state index in [0.29, 0.717) is 31.0 Å². The summed E-state index contributed by atoms with van der Waals surface area (Å²) in [6, 6.07) is 15.8. The molecule has 4 rings (SSSR count). The van der Waals surface area contributed by atoms with Gasteiger partial charge in [0, 0.05) is 30.1 Å². The van der Waals surface area contributed by atoms with Crippen molar-refractivity contribution in [2.75, 3.05) is 12.0 Å². The Morgan fingerprint density at radius 3 is 2.79 bits per heavy atom. The number of carbonyl (C=O) groups excluding carboxylic acids is 1. The van der Waals surface area contributed by atoms with Gasteiger partial charge in [0.2, 0.25) is 17.6 Å². The van der Waals surface area contributed by atoms with Crippen molar-refractivity contribution in [3.63, 3.8) is 0 Å². The summed E-state index contributed by atoms with van der Waals surface area (Å²) in [6.45, 7) is 2.09. The molecule has 2 heterocycles. The number of methoxy groups -OCH3 is 1. The zero-order valence-electron chi connectivity index (χ0n) is 16.1. The number of aromatic nitrogens is 2. The molecule has 0 fully saturated rings. The van der Waals surface area contributed by atoms with E-state index in [9.17, 15) is 4.79 Å². The number of fused-ring (bicyclic) bond motifs is 1. The number of hydrogen-bond acceptors (Lipinski definition) is 5. The minimum atomic E-state index is 0.146. The topological polar surface area (TPSA) is 68.5 Å². The van der Waals surface area contributed by atoms with Crippen LogP contribution in [0.2, 0.25) is 0 Å². The molecule has 2 aromatic carbocycles. The fourth-order valence-corrected chi connectivity index (χ4v) is 3.67. The van der Waals surface area contributed by atoms with Crippen molar-refractivity contribution < 1.29 is 14.1 Å². The third kappa shape index (κ3) is 3.63. The van der Waals surface area contributed by atoms with Gasteiger partial charge in [0.15, 0.2) is 0 Å². The summed E-state index contributed by atoms with van der Waals surface area (Å²) >= 11 is 0. The third-order valence-electron chi connectivity index (χ3n) is 5.07. The van der Waals surface area contributed by atoms with Crippen molar-refractivity contribution >= 4 is 11.6 Å². The SMILES string of the molecule is COc1ccc(-c2noc(CCCC(=O)N3c4ccccc4CC3C)n2)cc1.